The minimum Gasteiger partial charge on any atom is -0.190 e. The van der Waals surface area contributed by atoms with Gasteiger partial charge in [-0.25, -0.2) is 0 Å². The van der Waals surface area contributed by atoms with Crippen molar-refractivity contribution in [2.24, 2.45) is 9.03 Å². The average Bonchev–Trinajstić information content (AvgIpc) is 1.80. The summed E-state index contributed by atoms with van der Waals surface area (Å²) < 4.78 is 54.9. The molecule has 1 aliphatic heterocycles. The first-order valence-electron chi connectivity index (χ1n) is 2.95. The molecular weight excluding hydrogens is 235 g/mol. The van der Waals surface area contributed by atoms with Crippen molar-refractivity contribution >= 4 is 23.9 Å². The molecule has 0 saturated heterocycles. The molecular formula is C2H6F4N3P3. The summed E-state index contributed by atoms with van der Waals surface area (Å²) in [5.41, 5.74) is 0. The van der Waals surface area contributed by atoms with Gasteiger partial charge in [-0.2, -0.15) is 17.8 Å². The molecule has 1 unspecified atom stereocenters. The second-order valence-electron chi connectivity index (χ2n) is 1.93. The Morgan fingerprint density at radius 3 is 2.33 bits per heavy atom. The Labute approximate surface area is 68.5 Å². The van der Waals surface area contributed by atoms with Crippen LogP contribution in [0.1, 0.15) is 6.92 Å². The van der Waals surface area contributed by atoms with Crippen molar-refractivity contribution in [1.82, 2.24) is 4.86 Å². The summed E-state index contributed by atoms with van der Waals surface area (Å²) >= 11 is 0. The highest BCUT2D eigenvalue weighted by molar-refractivity contribution is 7.79. The lowest BCUT2D eigenvalue weighted by Gasteiger charge is -2.19. The molecule has 0 saturated carbocycles. The van der Waals surface area contributed by atoms with Crippen LogP contribution in [-0.2, 0) is 0 Å². The molecule has 1 N–H and O–H groups in total. The van der Waals surface area contributed by atoms with E-state index in [1.807, 2.05) is 0 Å². The summed E-state index contributed by atoms with van der Waals surface area (Å²) in [5.74, 6) is 0. The largest absolute Gasteiger partial charge is 0.420 e. The fourth-order valence-electron chi connectivity index (χ4n) is 0.596. The molecule has 0 aliphatic carbocycles. The highest BCUT2D eigenvalue weighted by Crippen LogP contribution is 2.75. The van der Waals surface area contributed by atoms with Crippen molar-refractivity contribution < 1.29 is 16.8 Å². The van der Waals surface area contributed by atoms with Gasteiger partial charge in [0.05, 0.1) is 0 Å². The zero-order chi connectivity index (χ0) is 9.41. The van der Waals surface area contributed by atoms with Crippen LogP contribution in [0, 0.1) is 0 Å². The fourth-order valence-corrected chi connectivity index (χ4v) is 6.40. The van der Waals surface area contributed by atoms with Crippen LogP contribution in [-0.4, -0.2) is 6.16 Å². The van der Waals surface area contributed by atoms with Crippen LogP contribution in [0.15, 0.2) is 9.03 Å². The van der Waals surface area contributed by atoms with E-state index in [2.05, 4.69) is 9.03 Å². The van der Waals surface area contributed by atoms with Crippen LogP contribution in [0.5, 0.6) is 0 Å². The fraction of sp³-hybridized carbons (Fsp3) is 1.00. The standard InChI is InChI=1S/C2H6F4N3P3/c1-2-10-7-11(3,4)9-12(5,6)8-10/h7H,2H2,1H3. The molecule has 3 nitrogen and oxygen atoms in total. The lowest BCUT2D eigenvalue weighted by atomic mass is 11.0. The van der Waals surface area contributed by atoms with E-state index in [9.17, 15) is 16.8 Å². The Bertz CT molecular complexity index is 277. The second-order valence-corrected chi connectivity index (χ2v) is 7.48. The van der Waals surface area contributed by atoms with Gasteiger partial charge in [-0.1, -0.05) is 6.92 Å². The predicted octanol–water partition coefficient (Wildman–Crippen LogP) is 4.69. The van der Waals surface area contributed by atoms with Gasteiger partial charge in [-0.15, -0.1) is 12.9 Å². The van der Waals surface area contributed by atoms with E-state index in [0.29, 0.717) is 0 Å². The normalized spacial score (nSPS) is 31.9. The summed E-state index contributed by atoms with van der Waals surface area (Å²) in [6.07, 6.45) is 0.191. The van der Waals surface area contributed by atoms with E-state index >= 15 is 0 Å². The third-order valence-corrected chi connectivity index (χ3v) is 6.94. The Hall–Kier alpha value is 0.570. The molecule has 0 bridgehead atoms. The minimum atomic E-state index is -5.02. The maximum absolute atomic E-state index is 12.5. The van der Waals surface area contributed by atoms with Gasteiger partial charge in [0.1, 0.15) is 8.22 Å². The van der Waals surface area contributed by atoms with Crippen molar-refractivity contribution in [2.45, 2.75) is 6.92 Å². The number of nitrogens with one attached hydrogen (secondary N) is 1. The van der Waals surface area contributed by atoms with Crippen LogP contribution in [0.4, 0.5) is 16.8 Å². The average molecular weight is 241 g/mol. The molecule has 1 heterocycles. The van der Waals surface area contributed by atoms with Crippen molar-refractivity contribution in [3.05, 3.63) is 0 Å². The van der Waals surface area contributed by atoms with E-state index in [1.165, 1.54) is 6.92 Å². The van der Waals surface area contributed by atoms with Crippen LogP contribution < -0.4 is 4.86 Å². The highest BCUT2D eigenvalue weighted by atomic mass is 31.3. The summed E-state index contributed by atoms with van der Waals surface area (Å²) in [6.45, 7) is 1.54. The van der Waals surface area contributed by atoms with Crippen LogP contribution in [0.3, 0.4) is 0 Å². The third kappa shape index (κ3) is 2.81. The Morgan fingerprint density at radius 1 is 1.33 bits per heavy atom. The molecule has 1 aliphatic rings. The van der Waals surface area contributed by atoms with E-state index in [0.717, 1.165) is 0 Å². The molecule has 0 fully saturated rings. The topological polar surface area (TPSA) is 36.8 Å². The molecule has 72 valence electrons. The van der Waals surface area contributed by atoms with E-state index in [-0.39, 0.29) is 6.16 Å². The van der Waals surface area contributed by atoms with Gasteiger partial charge in [0.15, 0.2) is 0 Å². The summed E-state index contributed by atoms with van der Waals surface area (Å²) in [4.78, 5) is 1.76. The molecule has 0 spiro atoms. The molecule has 0 amide bonds. The summed E-state index contributed by atoms with van der Waals surface area (Å²) in [6, 6.07) is 0. The van der Waals surface area contributed by atoms with Gasteiger partial charge in [0, 0.05) is 0 Å². The number of rotatable bonds is 1. The smallest absolute Gasteiger partial charge is 0.190 e. The van der Waals surface area contributed by atoms with Crippen molar-refractivity contribution in [2.75, 3.05) is 6.16 Å². The lowest BCUT2D eigenvalue weighted by Crippen LogP contribution is -1.99. The first-order chi connectivity index (χ1) is 5.35. The first-order valence-corrected chi connectivity index (χ1v) is 7.43. The maximum Gasteiger partial charge on any atom is 0.420 e. The summed E-state index contributed by atoms with van der Waals surface area (Å²) in [5, 5.41) is 0. The SMILES string of the molecule is CCP1N=P(F)(F)N=P(F)(F)N1. The van der Waals surface area contributed by atoms with Gasteiger partial charge in [0.2, 0.25) is 0 Å². The zero-order valence-corrected chi connectivity index (χ0v) is 8.64. The van der Waals surface area contributed by atoms with Crippen LogP contribution in [0.2, 0.25) is 0 Å². The molecule has 0 aromatic carbocycles. The lowest BCUT2D eigenvalue weighted by molar-refractivity contribution is 0.692. The quantitative estimate of drug-likeness (QED) is 0.524. The molecule has 1 rings (SSSR count). The van der Waals surface area contributed by atoms with E-state index in [4.69, 9.17) is 0 Å². The molecule has 0 aromatic rings. The third-order valence-electron chi connectivity index (χ3n) is 0.971. The zero-order valence-electron chi connectivity index (χ0n) is 5.96. The first kappa shape index (κ1) is 10.6. The second kappa shape index (κ2) is 3.38. The Morgan fingerprint density at radius 2 is 1.92 bits per heavy atom. The number of nitrogens with zero attached hydrogens (tertiary/aromatic N) is 2. The molecule has 0 aromatic heterocycles. The van der Waals surface area contributed by atoms with E-state index < -0.39 is 23.9 Å². The van der Waals surface area contributed by atoms with Gasteiger partial charge >= 0.3 is 15.7 Å². The molecule has 1 atom stereocenters. The van der Waals surface area contributed by atoms with Crippen LogP contribution in [0.25, 0.3) is 0 Å². The van der Waals surface area contributed by atoms with Crippen molar-refractivity contribution in [3.8, 4) is 0 Å². The molecule has 12 heavy (non-hydrogen) atoms. The Kier molecular flexibility index (Phi) is 3.00. The number of halogens is 4. The van der Waals surface area contributed by atoms with Crippen molar-refractivity contribution in [3.63, 3.8) is 0 Å². The van der Waals surface area contributed by atoms with Crippen molar-refractivity contribution in [1.29, 1.82) is 0 Å². The van der Waals surface area contributed by atoms with E-state index in [1.54, 1.807) is 4.86 Å². The van der Waals surface area contributed by atoms with Gasteiger partial charge in [-0.3, -0.25) is 0 Å². The number of hydrogen-bond donors (Lipinski definition) is 1. The monoisotopic (exact) mass is 241 g/mol. The van der Waals surface area contributed by atoms with Gasteiger partial charge in [-0.05, 0) is 6.16 Å². The minimum absolute atomic E-state index is 0.191. The summed E-state index contributed by atoms with van der Waals surface area (Å²) in [7, 11) is -11.7. The van der Waals surface area contributed by atoms with Gasteiger partial charge < -0.3 is 0 Å². The highest BCUT2D eigenvalue weighted by Gasteiger charge is 2.34. The molecule has 10 heteroatoms. The number of hydrogen-bond acceptors (Lipinski definition) is 3. The van der Waals surface area contributed by atoms with Gasteiger partial charge in [0.25, 0.3) is 0 Å². The molecule has 0 radical (unpaired) electrons. The van der Waals surface area contributed by atoms with Crippen LogP contribution >= 0.6 is 23.9 Å². The Balaban J connectivity index is 3.03. The maximum atomic E-state index is 12.5. The predicted molar refractivity (Wildman–Crippen MR) is 43.7 cm³/mol.